The van der Waals surface area contributed by atoms with Crippen LogP contribution in [-0.2, 0) is 6.42 Å². The summed E-state index contributed by atoms with van der Waals surface area (Å²) in [7, 11) is 0. The Labute approximate surface area is 77.8 Å². The molecule has 0 aliphatic carbocycles. The molecule has 0 saturated carbocycles. The summed E-state index contributed by atoms with van der Waals surface area (Å²) in [6.45, 7) is 1.81. The molecule has 1 rings (SSSR count). The van der Waals surface area contributed by atoms with E-state index in [1.807, 2.05) is 6.92 Å². The quantitative estimate of drug-likeness (QED) is 0.724. The highest BCUT2D eigenvalue weighted by Gasteiger charge is 1.98. The van der Waals surface area contributed by atoms with Gasteiger partial charge in [0.05, 0.1) is 6.10 Å². The second-order valence-electron chi connectivity index (χ2n) is 2.90. The minimum absolute atomic E-state index is 0.245. The van der Waals surface area contributed by atoms with Gasteiger partial charge in [-0.1, -0.05) is 12.1 Å². The molecule has 1 aromatic rings. The van der Waals surface area contributed by atoms with Gasteiger partial charge in [-0.2, -0.15) is 0 Å². The molecule has 12 heavy (non-hydrogen) atoms. The smallest absolute Gasteiger partial charge is 0.0552 e. The van der Waals surface area contributed by atoms with Crippen molar-refractivity contribution in [1.82, 2.24) is 0 Å². The fourth-order valence-corrected chi connectivity index (χ4v) is 1.51. The minimum Gasteiger partial charge on any atom is -0.393 e. The average Bonchev–Trinajstić information content (AvgIpc) is 2.05. The zero-order chi connectivity index (χ0) is 8.97. The minimum atomic E-state index is -0.245. The summed E-state index contributed by atoms with van der Waals surface area (Å²) < 4.78 is 0. The van der Waals surface area contributed by atoms with Crippen LogP contribution in [-0.4, -0.2) is 17.5 Å². The molecule has 0 spiro atoms. The van der Waals surface area contributed by atoms with Crippen LogP contribution in [0.4, 0.5) is 0 Å². The lowest BCUT2D eigenvalue weighted by atomic mass is 10.1. The molecule has 0 aliphatic heterocycles. The molecule has 0 fully saturated rings. The van der Waals surface area contributed by atoms with E-state index in [0.717, 1.165) is 6.42 Å². The molecule has 2 heteroatoms. The first-order chi connectivity index (χ1) is 5.72. The van der Waals surface area contributed by atoms with Crippen LogP contribution in [0.5, 0.6) is 0 Å². The summed E-state index contributed by atoms with van der Waals surface area (Å²) in [4.78, 5) is 1.27. The molecule has 0 bridgehead atoms. The molecule has 0 aliphatic rings. The monoisotopic (exact) mass is 182 g/mol. The Morgan fingerprint density at radius 1 is 1.33 bits per heavy atom. The van der Waals surface area contributed by atoms with Crippen molar-refractivity contribution in [3.05, 3.63) is 29.8 Å². The SMILES string of the molecule is CSc1ccc(C[C@H](C)O)cc1. The van der Waals surface area contributed by atoms with Crippen molar-refractivity contribution in [2.75, 3.05) is 6.26 Å². The van der Waals surface area contributed by atoms with Gasteiger partial charge in [-0.3, -0.25) is 0 Å². The molecule has 1 N–H and O–H groups in total. The van der Waals surface area contributed by atoms with Crippen LogP contribution in [0.2, 0.25) is 0 Å². The van der Waals surface area contributed by atoms with Gasteiger partial charge < -0.3 is 5.11 Å². The van der Waals surface area contributed by atoms with Crippen molar-refractivity contribution in [2.45, 2.75) is 24.3 Å². The van der Waals surface area contributed by atoms with Crippen LogP contribution < -0.4 is 0 Å². The molecule has 0 amide bonds. The van der Waals surface area contributed by atoms with Crippen molar-refractivity contribution in [3.63, 3.8) is 0 Å². The molecule has 66 valence electrons. The van der Waals surface area contributed by atoms with E-state index >= 15 is 0 Å². The van der Waals surface area contributed by atoms with Crippen molar-refractivity contribution in [3.8, 4) is 0 Å². The first-order valence-electron chi connectivity index (χ1n) is 4.03. The molecule has 0 heterocycles. The van der Waals surface area contributed by atoms with Crippen LogP contribution in [0, 0.1) is 0 Å². The number of hydrogen-bond donors (Lipinski definition) is 1. The van der Waals surface area contributed by atoms with E-state index in [1.54, 1.807) is 11.8 Å². The van der Waals surface area contributed by atoms with Crippen LogP contribution in [0.25, 0.3) is 0 Å². The summed E-state index contributed by atoms with van der Waals surface area (Å²) in [5.74, 6) is 0. The van der Waals surface area contributed by atoms with E-state index in [1.165, 1.54) is 10.5 Å². The lowest BCUT2D eigenvalue weighted by Gasteiger charge is -2.04. The van der Waals surface area contributed by atoms with E-state index in [0.29, 0.717) is 0 Å². The second-order valence-corrected chi connectivity index (χ2v) is 3.78. The Hall–Kier alpha value is -0.470. The van der Waals surface area contributed by atoms with Gasteiger partial charge in [-0.05, 0) is 37.3 Å². The molecule has 0 unspecified atom stereocenters. The molecule has 1 aromatic carbocycles. The topological polar surface area (TPSA) is 20.2 Å². The van der Waals surface area contributed by atoms with E-state index in [-0.39, 0.29) is 6.10 Å². The van der Waals surface area contributed by atoms with E-state index < -0.39 is 0 Å². The number of aliphatic hydroxyl groups is 1. The van der Waals surface area contributed by atoms with Crippen molar-refractivity contribution in [1.29, 1.82) is 0 Å². The first kappa shape index (κ1) is 9.62. The Morgan fingerprint density at radius 2 is 1.92 bits per heavy atom. The second kappa shape index (κ2) is 4.53. The third-order valence-electron chi connectivity index (χ3n) is 1.69. The maximum atomic E-state index is 9.13. The molecule has 0 radical (unpaired) electrons. The Morgan fingerprint density at radius 3 is 2.33 bits per heavy atom. The third kappa shape index (κ3) is 2.88. The van der Waals surface area contributed by atoms with E-state index in [2.05, 4.69) is 30.5 Å². The van der Waals surface area contributed by atoms with E-state index in [4.69, 9.17) is 5.11 Å². The number of benzene rings is 1. The van der Waals surface area contributed by atoms with Gasteiger partial charge in [0.15, 0.2) is 0 Å². The Balaban J connectivity index is 2.65. The predicted octanol–water partition coefficient (Wildman–Crippen LogP) is 2.33. The number of hydrogen-bond acceptors (Lipinski definition) is 2. The summed E-state index contributed by atoms with van der Waals surface area (Å²) in [6.07, 6.45) is 2.56. The van der Waals surface area contributed by atoms with Crippen LogP contribution in [0.1, 0.15) is 12.5 Å². The largest absolute Gasteiger partial charge is 0.393 e. The first-order valence-corrected chi connectivity index (χ1v) is 5.26. The van der Waals surface area contributed by atoms with Crippen molar-refractivity contribution in [2.24, 2.45) is 0 Å². The lowest BCUT2D eigenvalue weighted by molar-refractivity contribution is 0.195. The molecule has 0 saturated heterocycles. The Kier molecular flexibility index (Phi) is 3.63. The van der Waals surface area contributed by atoms with Crippen LogP contribution in [0.3, 0.4) is 0 Å². The third-order valence-corrected chi connectivity index (χ3v) is 2.43. The number of thioether (sulfide) groups is 1. The molecular weight excluding hydrogens is 168 g/mol. The van der Waals surface area contributed by atoms with Gasteiger partial charge in [0.1, 0.15) is 0 Å². The fourth-order valence-electron chi connectivity index (χ4n) is 1.10. The van der Waals surface area contributed by atoms with Gasteiger partial charge in [0.25, 0.3) is 0 Å². The zero-order valence-corrected chi connectivity index (χ0v) is 8.27. The number of rotatable bonds is 3. The maximum absolute atomic E-state index is 9.13. The summed E-state index contributed by atoms with van der Waals surface area (Å²) in [5, 5.41) is 9.13. The number of aliphatic hydroxyl groups excluding tert-OH is 1. The van der Waals surface area contributed by atoms with Crippen LogP contribution in [0.15, 0.2) is 29.2 Å². The van der Waals surface area contributed by atoms with Gasteiger partial charge >= 0.3 is 0 Å². The standard InChI is InChI=1S/C10H14OS/c1-8(11)7-9-3-5-10(12-2)6-4-9/h3-6,8,11H,7H2,1-2H3/t8-/m0/s1. The van der Waals surface area contributed by atoms with Gasteiger partial charge in [-0.25, -0.2) is 0 Å². The molecule has 1 atom stereocenters. The highest BCUT2D eigenvalue weighted by Crippen LogP contribution is 2.15. The summed E-state index contributed by atoms with van der Waals surface area (Å²) in [5.41, 5.74) is 1.20. The highest BCUT2D eigenvalue weighted by molar-refractivity contribution is 7.98. The molecular formula is C10H14OS. The van der Waals surface area contributed by atoms with Crippen LogP contribution >= 0.6 is 11.8 Å². The molecule has 1 nitrogen and oxygen atoms in total. The lowest BCUT2D eigenvalue weighted by Crippen LogP contribution is -2.03. The predicted molar refractivity (Wildman–Crippen MR) is 53.6 cm³/mol. The van der Waals surface area contributed by atoms with E-state index in [9.17, 15) is 0 Å². The normalized spacial score (nSPS) is 12.9. The maximum Gasteiger partial charge on any atom is 0.0552 e. The summed E-state index contributed by atoms with van der Waals surface area (Å²) in [6, 6.07) is 8.31. The highest BCUT2D eigenvalue weighted by atomic mass is 32.2. The van der Waals surface area contributed by atoms with Crippen molar-refractivity contribution < 1.29 is 5.11 Å². The van der Waals surface area contributed by atoms with Gasteiger partial charge in [0.2, 0.25) is 0 Å². The summed E-state index contributed by atoms with van der Waals surface area (Å²) >= 11 is 1.73. The van der Waals surface area contributed by atoms with Crippen molar-refractivity contribution >= 4 is 11.8 Å². The Bertz CT molecular complexity index is 228. The zero-order valence-electron chi connectivity index (χ0n) is 7.45. The fraction of sp³-hybridized carbons (Fsp3) is 0.400. The van der Waals surface area contributed by atoms with Gasteiger partial charge in [-0.15, -0.1) is 11.8 Å². The molecule has 0 aromatic heterocycles. The average molecular weight is 182 g/mol. The van der Waals surface area contributed by atoms with Gasteiger partial charge in [0, 0.05) is 4.90 Å².